The Kier molecular flexibility index (Phi) is 7.01. The van der Waals surface area contributed by atoms with E-state index in [9.17, 15) is 31.9 Å². The lowest BCUT2D eigenvalue weighted by Crippen LogP contribution is -2.36. The van der Waals surface area contributed by atoms with Gasteiger partial charge < -0.3 is 16.0 Å². The van der Waals surface area contributed by atoms with Crippen LogP contribution in [0.15, 0.2) is 42.5 Å². The lowest BCUT2D eigenvalue weighted by atomic mass is 9.86. The first-order valence-electron chi connectivity index (χ1n) is 11.0. The van der Waals surface area contributed by atoms with Gasteiger partial charge in [-0.1, -0.05) is 6.07 Å². The summed E-state index contributed by atoms with van der Waals surface area (Å²) >= 11 is 1.99. The molecule has 1 aliphatic rings. The summed E-state index contributed by atoms with van der Waals surface area (Å²) < 4.78 is 56.4. The van der Waals surface area contributed by atoms with Crippen molar-refractivity contribution in [2.75, 3.05) is 4.90 Å². The maximum atomic E-state index is 14.7. The monoisotopic (exact) mass is 625 g/mol. The summed E-state index contributed by atoms with van der Waals surface area (Å²) in [6.45, 7) is 2.72. The molecule has 0 atom stereocenters. The van der Waals surface area contributed by atoms with Gasteiger partial charge in [0.05, 0.1) is 17.6 Å². The third-order valence-corrected chi connectivity index (χ3v) is 7.08. The van der Waals surface area contributed by atoms with E-state index in [1.54, 1.807) is 13.8 Å². The van der Waals surface area contributed by atoms with Crippen LogP contribution in [0.1, 0.15) is 51.3 Å². The summed E-state index contributed by atoms with van der Waals surface area (Å²) in [5.41, 5.74) is 4.95. The molecule has 11 heteroatoms. The third kappa shape index (κ3) is 4.91. The molecule has 4 rings (SSSR count). The number of hydrogen-bond donors (Lipinski definition) is 2. The van der Waals surface area contributed by atoms with Crippen molar-refractivity contribution < 1.29 is 31.9 Å². The molecule has 0 saturated carbocycles. The number of nitrogens with zero attached hydrogens (tertiary/aromatic N) is 1. The molecule has 3 amide bonds. The summed E-state index contributed by atoms with van der Waals surface area (Å²) in [7, 11) is 0. The van der Waals surface area contributed by atoms with Gasteiger partial charge in [0.2, 0.25) is 11.8 Å². The molecule has 0 radical (unpaired) electrons. The van der Waals surface area contributed by atoms with E-state index in [1.807, 2.05) is 22.6 Å². The van der Waals surface area contributed by atoms with E-state index in [1.165, 1.54) is 29.2 Å². The van der Waals surface area contributed by atoms with Crippen molar-refractivity contribution in [3.05, 3.63) is 97.1 Å². The Hall–Kier alpha value is -3.48. The van der Waals surface area contributed by atoms with E-state index < -0.39 is 52.6 Å². The first-order chi connectivity index (χ1) is 17.3. The molecule has 0 spiro atoms. The third-order valence-electron chi connectivity index (χ3n) is 6.22. The lowest BCUT2D eigenvalue weighted by Gasteiger charge is -2.21. The molecule has 3 aromatic rings. The van der Waals surface area contributed by atoms with Crippen molar-refractivity contribution in [1.29, 1.82) is 0 Å². The zero-order valence-corrected chi connectivity index (χ0v) is 21.8. The normalized spacial score (nSPS) is 14.0. The van der Waals surface area contributed by atoms with Crippen LogP contribution < -0.4 is 16.0 Å². The maximum absolute atomic E-state index is 14.7. The van der Waals surface area contributed by atoms with E-state index in [2.05, 4.69) is 5.32 Å². The molecule has 1 heterocycles. The van der Waals surface area contributed by atoms with Gasteiger partial charge in [-0.3, -0.25) is 14.4 Å². The van der Waals surface area contributed by atoms with Crippen LogP contribution in [0, 0.1) is 26.8 Å². The first kappa shape index (κ1) is 26.6. The van der Waals surface area contributed by atoms with E-state index in [0.717, 1.165) is 6.07 Å². The van der Waals surface area contributed by atoms with Crippen LogP contribution in [0.4, 0.5) is 23.2 Å². The highest BCUT2D eigenvalue weighted by molar-refractivity contribution is 14.1. The number of nitrogens with two attached hydrogens (primary N) is 1. The van der Waals surface area contributed by atoms with E-state index in [-0.39, 0.29) is 29.1 Å². The Morgan fingerprint density at radius 2 is 1.62 bits per heavy atom. The Labute approximate surface area is 223 Å². The number of carbonyl (C=O) groups excluding carboxylic acids is 3. The molecule has 6 nitrogen and oxygen atoms in total. The summed E-state index contributed by atoms with van der Waals surface area (Å²) in [4.78, 5) is 38.9. The fourth-order valence-corrected chi connectivity index (χ4v) is 5.56. The van der Waals surface area contributed by atoms with Gasteiger partial charge in [0.25, 0.3) is 5.91 Å². The van der Waals surface area contributed by atoms with Gasteiger partial charge in [0, 0.05) is 50.1 Å². The van der Waals surface area contributed by atoms with Crippen molar-refractivity contribution >= 4 is 46.0 Å². The molecule has 0 bridgehead atoms. The van der Waals surface area contributed by atoms with Gasteiger partial charge in [-0.25, -0.2) is 17.6 Å². The summed E-state index contributed by atoms with van der Waals surface area (Å²) in [6.07, 6.45) is 0. The molecule has 37 heavy (non-hydrogen) atoms. The second-order valence-electron chi connectivity index (χ2n) is 9.07. The summed E-state index contributed by atoms with van der Waals surface area (Å²) in [5.74, 6) is -5.87. The number of nitrogens with one attached hydrogen (secondary N) is 1. The van der Waals surface area contributed by atoms with Crippen LogP contribution >= 0.6 is 22.6 Å². The Morgan fingerprint density at radius 1 is 0.973 bits per heavy atom. The molecule has 0 aromatic heterocycles. The number of primary amides is 1. The van der Waals surface area contributed by atoms with Crippen LogP contribution in [0.3, 0.4) is 0 Å². The van der Waals surface area contributed by atoms with Crippen molar-refractivity contribution in [2.45, 2.75) is 32.4 Å². The van der Waals surface area contributed by atoms with Gasteiger partial charge in [0.15, 0.2) is 0 Å². The minimum absolute atomic E-state index is 0.0164. The van der Waals surface area contributed by atoms with Crippen molar-refractivity contribution in [1.82, 2.24) is 5.32 Å². The smallest absolute Gasteiger partial charge is 0.251 e. The zero-order valence-electron chi connectivity index (χ0n) is 19.6. The average Bonchev–Trinajstić information content (AvgIpc) is 2.99. The van der Waals surface area contributed by atoms with Crippen LogP contribution in [0.25, 0.3) is 0 Å². The van der Waals surface area contributed by atoms with Crippen LogP contribution in [0.2, 0.25) is 0 Å². The molecule has 0 unspecified atom stereocenters. The van der Waals surface area contributed by atoms with Gasteiger partial charge in [-0.15, -0.1) is 0 Å². The minimum Gasteiger partial charge on any atom is -0.366 e. The second kappa shape index (κ2) is 9.77. The molecule has 3 N–H and O–H groups in total. The quantitative estimate of drug-likeness (QED) is 0.308. The molecule has 192 valence electrons. The Morgan fingerprint density at radius 3 is 2.22 bits per heavy atom. The highest BCUT2D eigenvalue weighted by Gasteiger charge is 2.45. The Bertz CT molecular complexity index is 1450. The predicted molar refractivity (Wildman–Crippen MR) is 136 cm³/mol. The number of rotatable bonds is 6. The number of carbonyl (C=O) groups is 3. The first-order valence-corrected chi connectivity index (χ1v) is 12.0. The highest BCUT2D eigenvalue weighted by Crippen LogP contribution is 2.45. The van der Waals surface area contributed by atoms with Gasteiger partial charge >= 0.3 is 0 Å². The fourth-order valence-electron chi connectivity index (χ4n) is 4.28. The average molecular weight is 625 g/mol. The van der Waals surface area contributed by atoms with Gasteiger partial charge in [-0.2, -0.15) is 0 Å². The van der Waals surface area contributed by atoms with Crippen LogP contribution in [-0.2, 0) is 23.3 Å². The molecule has 1 aliphatic heterocycles. The van der Waals surface area contributed by atoms with E-state index in [0.29, 0.717) is 27.0 Å². The number of fused-ring (bicyclic) bond motifs is 1. The van der Waals surface area contributed by atoms with Crippen molar-refractivity contribution in [2.24, 2.45) is 5.73 Å². The van der Waals surface area contributed by atoms with Gasteiger partial charge in [0.1, 0.15) is 23.3 Å². The van der Waals surface area contributed by atoms with Crippen LogP contribution in [0.5, 0.6) is 0 Å². The number of anilines is 1. The summed E-state index contributed by atoms with van der Waals surface area (Å²) in [6, 6.07) is 7.73. The fraction of sp³-hybridized carbons (Fsp3) is 0.192. The predicted octanol–water partition coefficient (Wildman–Crippen LogP) is 4.70. The van der Waals surface area contributed by atoms with Crippen molar-refractivity contribution in [3.63, 3.8) is 0 Å². The topological polar surface area (TPSA) is 92.5 Å². The zero-order chi connectivity index (χ0) is 27.2. The Balaban J connectivity index is 1.66. The number of halogens is 5. The molecular weight excluding hydrogens is 605 g/mol. The summed E-state index contributed by atoms with van der Waals surface area (Å²) in [5, 5.41) is 2.41. The molecule has 0 saturated heterocycles. The molecule has 3 aromatic carbocycles. The maximum Gasteiger partial charge on any atom is 0.251 e. The molecule has 0 aliphatic carbocycles. The van der Waals surface area contributed by atoms with Gasteiger partial charge in [-0.05, 0) is 60.7 Å². The number of hydrogen-bond acceptors (Lipinski definition) is 3. The van der Waals surface area contributed by atoms with Crippen LogP contribution in [-0.4, -0.2) is 17.7 Å². The van der Waals surface area contributed by atoms with E-state index in [4.69, 9.17) is 5.73 Å². The second-order valence-corrected chi connectivity index (χ2v) is 10.2. The molecular formula is C26H20F4IN3O3. The largest absolute Gasteiger partial charge is 0.366 e. The standard InChI is InChI=1S/C26H20F4IN3O3/c1-26(2)22-20(31)6-14(24(36)33-10-16-18(29)8-15(27)9-19(16)30)7-21(22)34(25(26)37)11-13-4-3-12(23(32)35)5-17(13)28/h3-9H,10-11H2,1-2H3,(H2,32,35)(H,33,36). The minimum atomic E-state index is -1.13. The number of amides is 3. The molecule has 0 fully saturated rings. The lowest BCUT2D eigenvalue weighted by molar-refractivity contribution is -0.122. The van der Waals surface area contributed by atoms with Crippen molar-refractivity contribution in [3.8, 4) is 0 Å². The number of benzene rings is 3. The highest BCUT2D eigenvalue weighted by atomic mass is 127. The SMILES string of the molecule is CC1(C)C(=O)N(Cc2ccc(C(N)=O)cc2F)c2cc(C(=O)NCc3c(F)cc(F)cc3F)cc(I)c21. The van der Waals surface area contributed by atoms with E-state index >= 15 is 0 Å².